The summed E-state index contributed by atoms with van der Waals surface area (Å²) >= 11 is 0. The highest BCUT2D eigenvalue weighted by Gasteiger charge is 2.10. The first-order valence-corrected chi connectivity index (χ1v) is 7.01. The van der Waals surface area contributed by atoms with Crippen LogP contribution in [0, 0.1) is 17.8 Å². The van der Waals surface area contributed by atoms with Gasteiger partial charge in [0, 0.05) is 0 Å². The van der Waals surface area contributed by atoms with Gasteiger partial charge in [0.05, 0.1) is 0 Å². The van der Waals surface area contributed by atoms with E-state index in [-0.39, 0.29) is 0 Å². The Labute approximate surface area is 120 Å². The summed E-state index contributed by atoms with van der Waals surface area (Å²) in [6.45, 7) is 12.6. The summed E-state index contributed by atoms with van der Waals surface area (Å²) in [7, 11) is 2.20. The summed E-state index contributed by atoms with van der Waals surface area (Å²) in [6, 6.07) is 0. The predicted molar refractivity (Wildman–Crippen MR) is 87.8 cm³/mol. The van der Waals surface area contributed by atoms with Crippen molar-refractivity contribution in [3.8, 4) is 11.8 Å². The standard InChI is InChI=1S/C7H15N.C6H11N.C4H6/c1-7-3-5-8(2)6-4-7;1-6(2)4-3-5-7;1-3-4-2/h7H,3-6H2,1-2H3;3-5H,7H2,1-2H3;1-2H3/b;5-3-;. The van der Waals surface area contributed by atoms with Gasteiger partial charge < -0.3 is 10.6 Å². The van der Waals surface area contributed by atoms with Gasteiger partial charge in [0.15, 0.2) is 0 Å². The Kier molecular flexibility index (Phi) is 15.7. The van der Waals surface area contributed by atoms with Crippen LogP contribution in [0.4, 0.5) is 0 Å². The molecule has 0 amide bonds. The van der Waals surface area contributed by atoms with E-state index in [1.54, 1.807) is 0 Å². The second-order valence-corrected chi connectivity index (χ2v) is 5.11. The molecular weight excluding hydrogens is 232 g/mol. The number of likely N-dealkylation sites (tertiary alicyclic amines) is 1. The van der Waals surface area contributed by atoms with E-state index in [1.807, 2.05) is 39.8 Å². The third kappa shape index (κ3) is 19.3. The number of allylic oxidation sites excluding steroid dienone is 3. The Balaban J connectivity index is 0. The molecule has 0 aromatic heterocycles. The van der Waals surface area contributed by atoms with Crippen LogP contribution < -0.4 is 5.73 Å². The van der Waals surface area contributed by atoms with E-state index in [1.165, 1.54) is 37.7 Å². The van der Waals surface area contributed by atoms with Crippen LogP contribution in [0.15, 0.2) is 23.9 Å². The molecule has 0 radical (unpaired) electrons. The SMILES string of the molecule is CC#CC.CC(C)=C/C=C\N.CC1CCN(C)CC1. The second kappa shape index (κ2) is 14.9. The van der Waals surface area contributed by atoms with Crippen molar-refractivity contribution < 1.29 is 0 Å². The van der Waals surface area contributed by atoms with Crippen molar-refractivity contribution in [3.05, 3.63) is 23.9 Å². The van der Waals surface area contributed by atoms with Gasteiger partial charge >= 0.3 is 0 Å². The maximum absolute atomic E-state index is 5.05. The molecule has 0 bridgehead atoms. The first-order valence-electron chi connectivity index (χ1n) is 7.01. The van der Waals surface area contributed by atoms with Crippen molar-refractivity contribution in [2.24, 2.45) is 11.7 Å². The van der Waals surface area contributed by atoms with E-state index < -0.39 is 0 Å². The molecule has 1 saturated heterocycles. The number of piperidine rings is 1. The highest BCUT2D eigenvalue weighted by atomic mass is 15.1. The number of nitrogens with zero attached hydrogens (tertiary/aromatic N) is 1. The lowest BCUT2D eigenvalue weighted by atomic mass is 10.00. The molecule has 0 aromatic carbocycles. The van der Waals surface area contributed by atoms with Crippen LogP contribution >= 0.6 is 0 Å². The quantitative estimate of drug-likeness (QED) is 0.576. The van der Waals surface area contributed by atoms with Crippen LogP contribution in [0.3, 0.4) is 0 Å². The van der Waals surface area contributed by atoms with Crippen LogP contribution in [0.5, 0.6) is 0 Å². The number of rotatable bonds is 1. The first-order chi connectivity index (χ1) is 8.97. The van der Waals surface area contributed by atoms with Gasteiger partial charge in [0.2, 0.25) is 0 Å². The lowest BCUT2D eigenvalue weighted by Crippen LogP contribution is -2.28. The molecule has 0 spiro atoms. The zero-order chi connectivity index (χ0) is 15.1. The highest BCUT2D eigenvalue weighted by molar-refractivity contribution is 5.06. The normalized spacial score (nSPS) is 15.3. The van der Waals surface area contributed by atoms with Gasteiger partial charge in [-0.25, -0.2) is 0 Å². The van der Waals surface area contributed by atoms with Crippen LogP contribution in [-0.4, -0.2) is 25.0 Å². The molecule has 1 heterocycles. The zero-order valence-corrected chi connectivity index (χ0v) is 13.7. The lowest BCUT2D eigenvalue weighted by Gasteiger charge is -2.26. The summed E-state index contributed by atoms with van der Waals surface area (Å²) in [4.78, 5) is 2.40. The third-order valence-corrected chi connectivity index (χ3v) is 2.80. The Bertz CT molecular complexity index is 277. The molecule has 0 aromatic rings. The Morgan fingerprint density at radius 3 is 1.84 bits per heavy atom. The van der Waals surface area contributed by atoms with Crippen molar-refractivity contribution in [3.63, 3.8) is 0 Å². The van der Waals surface area contributed by atoms with Gasteiger partial charge in [-0.1, -0.05) is 18.6 Å². The van der Waals surface area contributed by atoms with Crippen LogP contribution in [0.2, 0.25) is 0 Å². The topological polar surface area (TPSA) is 29.3 Å². The first kappa shape index (κ1) is 20.1. The molecule has 1 fully saturated rings. The van der Waals surface area contributed by atoms with Crippen molar-refractivity contribution in [1.29, 1.82) is 0 Å². The van der Waals surface area contributed by atoms with Gasteiger partial charge in [-0.05, 0) is 78.9 Å². The van der Waals surface area contributed by atoms with Crippen molar-refractivity contribution in [2.45, 2.75) is 47.5 Å². The summed E-state index contributed by atoms with van der Waals surface area (Å²) in [5.41, 5.74) is 6.32. The molecule has 0 unspecified atom stereocenters. The van der Waals surface area contributed by atoms with Gasteiger partial charge in [0.1, 0.15) is 0 Å². The average Bonchev–Trinajstić information content (AvgIpc) is 2.40. The summed E-state index contributed by atoms with van der Waals surface area (Å²) in [5, 5.41) is 0. The molecule has 1 rings (SSSR count). The fraction of sp³-hybridized carbons (Fsp3) is 0.647. The minimum Gasteiger partial charge on any atom is -0.405 e. The van der Waals surface area contributed by atoms with Crippen LogP contribution in [0.1, 0.15) is 47.5 Å². The minimum atomic E-state index is 0.978. The maximum atomic E-state index is 5.05. The number of nitrogens with two attached hydrogens (primary N) is 1. The van der Waals surface area contributed by atoms with E-state index in [9.17, 15) is 0 Å². The smallest absolute Gasteiger partial charge is 0.00192 e. The molecule has 19 heavy (non-hydrogen) atoms. The van der Waals surface area contributed by atoms with E-state index in [4.69, 9.17) is 5.73 Å². The van der Waals surface area contributed by atoms with Gasteiger partial charge in [0.25, 0.3) is 0 Å². The molecule has 2 heteroatoms. The fourth-order valence-electron chi connectivity index (χ4n) is 1.39. The van der Waals surface area contributed by atoms with E-state index in [2.05, 4.69) is 30.7 Å². The third-order valence-electron chi connectivity index (χ3n) is 2.80. The molecule has 110 valence electrons. The van der Waals surface area contributed by atoms with Crippen molar-refractivity contribution in [1.82, 2.24) is 4.90 Å². The Morgan fingerprint density at radius 1 is 1.16 bits per heavy atom. The molecule has 0 atom stereocenters. The Hall–Kier alpha value is -1.20. The van der Waals surface area contributed by atoms with Gasteiger partial charge in [-0.15, -0.1) is 11.8 Å². The fourth-order valence-corrected chi connectivity index (χ4v) is 1.39. The molecule has 1 aliphatic heterocycles. The number of hydrogen-bond donors (Lipinski definition) is 1. The molecule has 0 saturated carbocycles. The van der Waals surface area contributed by atoms with Gasteiger partial charge in [-0.2, -0.15) is 0 Å². The van der Waals surface area contributed by atoms with E-state index in [0.717, 1.165) is 5.92 Å². The summed E-state index contributed by atoms with van der Waals surface area (Å²) in [6.07, 6.45) is 8.09. The monoisotopic (exact) mass is 264 g/mol. The van der Waals surface area contributed by atoms with E-state index >= 15 is 0 Å². The largest absolute Gasteiger partial charge is 0.405 e. The van der Waals surface area contributed by atoms with Crippen molar-refractivity contribution in [2.75, 3.05) is 20.1 Å². The minimum absolute atomic E-state index is 0.978. The van der Waals surface area contributed by atoms with Crippen LogP contribution in [-0.2, 0) is 0 Å². The molecule has 2 nitrogen and oxygen atoms in total. The summed E-state index contributed by atoms with van der Waals surface area (Å²) in [5.74, 6) is 6.34. The van der Waals surface area contributed by atoms with Gasteiger partial charge in [-0.3, -0.25) is 0 Å². The molecule has 0 aliphatic carbocycles. The predicted octanol–water partition coefficient (Wildman–Crippen LogP) is 3.80. The van der Waals surface area contributed by atoms with Crippen LogP contribution in [0.25, 0.3) is 0 Å². The van der Waals surface area contributed by atoms with E-state index in [0.29, 0.717) is 0 Å². The second-order valence-electron chi connectivity index (χ2n) is 5.11. The maximum Gasteiger partial charge on any atom is -0.00192 e. The Morgan fingerprint density at radius 2 is 1.63 bits per heavy atom. The lowest BCUT2D eigenvalue weighted by molar-refractivity contribution is 0.230. The zero-order valence-electron chi connectivity index (χ0n) is 13.7. The van der Waals surface area contributed by atoms with Crippen molar-refractivity contribution >= 4 is 0 Å². The average molecular weight is 264 g/mol. The molecule has 2 N–H and O–H groups in total. The summed E-state index contributed by atoms with van der Waals surface area (Å²) < 4.78 is 0. The highest BCUT2D eigenvalue weighted by Crippen LogP contribution is 2.13. The number of hydrogen-bond acceptors (Lipinski definition) is 2. The molecular formula is C17H32N2. The molecule has 1 aliphatic rings.